The summed E-state index contributed by atoms with van der Waals surface area (Å²) in [6.07, 6.45) is 25.0. The predicted molar refractivity (Wildman–Crippen MR) is 385 cm³/mol. The highest BCUT2D eigenvalue weighted by molar-refractivity contribution is 5.88. The van der Waals surface area contributed by atoms with Crippen molar-refractivity contribution in [2.45, 2.75) is 34.6 Å². The fourth-order valence-electron chi connectivity index (χ4n) is 11.0. The van der Waals surface area contributed by atoms with Gasteiger partial charge in [0.05, 0.1) is 0 Å². The molecule has 95 heavy (non-hydrogen) atoms. The number of benzene rings is 9. The molecule has 0 saturated heterocycles. The van der Waals surface area contributed by atoms with Gasteiger partial charge in [0.1, 0.15) is 24.3 Å². The molecule has 0 N–H and O–H groups in total. The molecule has 0 atom stereocenters. The number of pyridine rings is 4. The monoisotopic (exact) mass is 1240 g/mol. The van der Waals surface area contributed by atoms with Crippen molar-refractivity contribution in [1.82, 2.24) is 39.9 Å². The number of rotatable bonds is 9. The van der Waals surface area contributed by atoms with E-state index in [-0.39, 0.29) is 5.56 Å². The Labute approximate surface area is 554 Å². The maximum Gasteiger partial charge on any atom is 0.129 e. The van der Waals surface area contributed by atoms with Crippen LogP contribution < -0.4 is 0 Å². The van der Waals surface area contributed by atoms with Gasteiger partial charge in [0.2, 0.25) is 0 Å². The summed E-state index contributed by atoms with van der Waals surface area (Å²) in [6, 6.07) is 80.1. The molecular formula is C85H68F2N8. The highest BCUT2D eigenvalue weighted by atomic mass is 19.1. The van der Waals surface area contributed by atoms with Gasteiger partial charge in [-0.25, -0.2) is 28.7 Å². The van der Waals surface area contributed by atoms with Crippen LogP contribution >= 0.6 is 0 Å². The third-order valence-corrected chi connectivity index (χ3v) is 15.7. The summed E-state index contributed by atoms with van der Waals surface area (Å²) in [5.74, 6) is -1.01. The van der Waals surface area contributed by atoms with Gasteiger partial charge in [-0.1, -0.05) is 158 Å². The van der Waals surface area contributed by atoms with E-state index in [9.17, 15) is 8.78 Å². The molecule has 10 heteroatoms. The lowest BCUT2D eigenvalue weighted by atomic mass is 9.95. The van der Waals surface area contributed by atoms with Crippen molar-refractivity contribution in [3.8, 4) is 100 Å². The van der Waals surface area contributed by atoms with Crippen molar-refractivity contribution in [2.75, 3.05) is 0 Å². The van der Waals surface area contributed by atoms with Gasteiger partial charge >= 0.3 is 0 Å². The number of halogens is 2. The van der Waals surface area contributed by atoms with Crippen molar-refractivity contribution in [1.29, 1.82) is 0 Å². The fourth-order valence-corrected chi connectivity index (χ4v) is 11.0. The van der Waals surface area contributed by atoms with Gasteiger partial charge in [0, 0.05) is 102 Å². The summed E-state index contributed by atoms with van der Waals surface area (Å²) in [5, 5.41) is 2.57. The average molecular weight is 1240 g/mol. The van der Waals surface area contributed by atoms with Gasteiger partial charge in [-0.15, -0.1) is 0 Å². The number of fused-ring (bicyclic) bond motifs is 1. The molecule has 0 aliphatic heterocycles. The smallest absolute Gasteiger partial charge is 0.129 e. The molecule has 0 bridgehead atoms. The number of nitrogens with zero attached hydrogens (tertiary/aromatic N) is 8. The Morgan fingerprint density at radius 3 is 0.884 bits per heavy atom. The first kappa shape index (κ1) is 64.4. The van der Waals surface area contributed by atoms with E-state index >= 15 is 0 Å². The molecule has 15 rings (SSSR count). The van der Waals surface area contributed by atoms with Crippen LogP contribution in [0.5, 0.6) is 0 Å². The van der Waals surface area contributed by atoms with Crippen molar-refractivity contribution in [3.05, 3.63) is 363 Å². The Morgan fingerprint density at radius 2 is 0.505 bits per heavy atom. The molecule has 462 valence electrons. The van der Waals surface area contributed by atoms with Crippen molar-refractivity contribution >= 4 is 10.8 Å². The molecule has 9 aromatic carbocycles. The van der Waals surface area contributed by atoms with E-state index in [4.69, 9.17) is 0 Å². The summed E-state index contributed by atoms with van der Waals surface area (Å²) in [4.78, 5) is 32.7. The number of hydrogen-bond acceptors (Lipinski definition) is 8. The van der Waals surface area contributed by atoms with E-state index in [1.165, 1.54) is 120 Å². The first-order chi connectivity index (χ1) is 46.5. The molecule has 6 aromatic heterocycles. The Kier molecular flexibility index (Phi) is 21.5. The predicted octanol–water partition coefficient (Wildman–Crippen LogP) is 21.6. The summed E-state index contributed by atoms with van der Waals surface area (Å²) >= 11 is 0. The van der Waals surface area contributed by atoms with Gasteiger partial charge < -0.3 is 0 Å². The standard InChI is InChI=1S/C23H18.2C17H14N2.C15H12N4.C13H10F2/c1-17-13-22(18-7-3-2-4-8-18)16-23(14-17)21-12-11-19-9-5-6-10-20(19)15-21;1-13-10-16(14-2-6-18-7-3-14)12-17(11-13)15-4-8-19-9-5-15;1-13-8-16(14-4-2-6-18-11-14)10-17(9-13)15-5-3-7-19-12-15;1-11-2-12(14-5-16-9-17-6-14)4-13(3-11)15-7-18-10-19-8-15;1-9-12(14)7-11(8-13(9)15)10-5-3-2-4-6-10/h2-16H,1H3;2*2-12H,1H3;2-10H,1H3;2-8H,1H3. The molecule has 0 aliphatic rings. The lowest BCUT2D eigenvalue weighted by molar-refractivity contribution is 0.569. The Hall–Kier alpha value is -12.1. The molecule has 6 heterocycles. The third kappa shape index (κ3) is 17.7. The van der Waals surface area contributed by atoms with Gasteiger partial charge in [0.15, 0.2) is 0 Å². The summed E-state index contributed by atoms with van der Waals surface area (Å²) in [5.41, 5.74) is 25.1. The molecular weight excluding hydrogens is 1170 g/mol. The van der Waals surface area contributed by atoms with Crippen molar-refractivity contribution in [2.24, 2.45) is 0 Å². The molecule has 0 amide bonds. The van der Waals surface area contributed by atoms with Gasteiger partial charge in [-0.2, -0.15) is 0 Å². The van der Waals surface area contributed by atoms with Crippen LogP contribution in [0.25, 0.3) is 111 Å². The number of hydrogen-bond donors (Lipinski definition) is 0. The molecule has 0 unspecified atom stereocenters. The Balaban J connectivity index is 0.000000122. The van der Waals surface area contributed by atoms with Crippen molar-refractivity contribution < 1.29 is 8.78 Å². The third-order valence-electron chi connectivity index (χ3n) is 15.7. The zero-order chi connectivity index (χ0) is 65.7. The molecule has 0 saturated carbocycles. The molecule has 15 aromatic rings. The average Bonchev–Trinajstić information content (AvgIpc) is 1.37. The van der Waals surface area contributed by atoms with Crippen LogP contribution in [0.3, 0.4) is 0 Å². The molecule has 8 nitrogen and oxygen atoms in total. The minimum absolute atomic E-state index is 0.0645. The zero-order valence-corrected chi connectivity index (χ0v) is 53.4. The fraction of sp³-hybridized carbons (Fsp3) is 0.0588. The van der Waals surface area contributed by atoms with Gasteiger partial charge in [-0.3, -0.25) is 19.9 Å². The topological polar surface area (TPSA) is 103 Å². The second-order valence-corrected chi connectivity index (χ2v) is 22.9. The minimum atomic E-state index is -0.506. The van der Waals surface area contributed by atoms with Crippen molar-refractivity contribution in [3.63, 3.8) is 0 Å². The quantitative estimate of drug-likeness (QED) is 0.141. The van der Waals surface area contributed by atoms with E-state index in [0.29, 0.717) is 5.56 Å². The zero-order valence-electron chi connectivity index (χ0n) is 53.4. The Morgan fingerprint density at radius 1 is 0.200 bits per heavy atom. The van der Waals surface area contributed by atoms with Crippen LogP contribution in [0.1, 0.15) is 27.8 Å². The lowest BCUT2D eigenvalue weighted by Crippen LogP contribution is -1.90. The molecule has 0 radical (unpaired) electrons. The van der Waals surface area contributed by atoms with Crippen LogP contribution in [0, 0.1) is 46.3 Å². The van der Waals surface area contributed by atoms with Crippen LogP contribution in [-0.4, -0.2) is 39.9 Å². The minimum Gasteiger partial charge on any atom is -0.265 e. The van der Waals surface area contributed by atoms with Gasteiger partial charge in [0.25, 0.3) is 0 Å². The number of aryl methyl sites for hydroxylation is 4. The van der Waals surface area contributed by atoms with E-state index in [1.807, 2.05) is 129 Å². The second-order valence-electron chi connectivity index (χ2n) is 22.9. The largest absolute Gasteiger partial charge is 0.265 e. The van der Waals surface area contributed by atoms with Gasteiger partial charge in [-0.05, 0) is 224 Å². The second kappa shape index (κ2) is 31.7. The van der Waals surface area contributed by atoms with Crippen LogP contribution in [-0.2, 0) is 0 Å². The SMILES string of the molecule is Cc1c(F)cc(-c2ccccc2)cc1F.Cc1cc(-c2ccccc2)cc(-c2ccc3ccccc3c2)c1.Cc1cc(-c2cccnc2)cc(-c2cccnc2)c1.Cc1cc(-c2ccncc2)cc(-c2ccncc2)c1.Cc1cc(-c2cncnc2)cc(-c2cncnc2)c1. The normalized spacial score (nSPS) is 10.5. The van der Waals surface area contributed by atoms with Crippen LogP contribution in [0.2, 0.25) is 0 Å². The lowest BCUT2D eigenvalue weighted by Gasteiger charge is -2.09. The molecule has 0 fully saturated rings. The summed E-state index contributed by atoms with van der Waals surface area (Å²) in [7, 11) is 0. The maximum atomic E-state index is 13.3. The van der Waals surface area contributed by atoms with E-state index in [2.05, 4.69) is 225 Å². The van der Waals surface area contributed by atoms with E-state index in [0.717, 1.165) is 38.9 Å². The number of aromatic nitrogens is 8. The van der Waals surface area contributed by atoms with E-state index < -0.39 is 11.6 Å². The highest BCUT2D eigenvalue weighted by Gasteiger charge is 2.11. The highest BCUT2D eigenvalue weighted by Crippen LogP contribution is 2.33. The van der Waals surface area contributed by atoms with E-state index in [1.54, 1.807) is 12.4 Å². The molecule has 0 aliphatic carbocycles. The summed E-state index contributed by atoms with van der Waals surface area (Å²) < 4.78 is 26.6. The van der Waals surface area contributed by atoms with Crippen LogP contribution in [0.15, 0.2) is 324 Å². The van der Waals surface area contributed by atoms with Crippen LogP contribution in [0.4, 0.5) is 8.78 Å². The maximum absolute atomic E-state index is 13.3. The Bertz CT molecular complexity index is 4440. The summed E-state index contributed by atoms with van der Waals surface area (Å²) in [6.45, 7) is 9.89. The first-order valence-electron chi connectivity index (χ1n) is 31.1. The first-order valence-corrected chi connectivity index (χ1v) is 31.1. The molecule has 0 spiro atoms.